The molecule has 0 aromatic rings. The molecule has 106 valence electrons. The summed E-state index contributed by atoms with van der Waals surface area (Å²) in [7, 11) is 0. The molecule has 0 aromatic carbocycles. The zero-order valence-electron chi connectivity index (χ0n) is 12.4. The molecule has 0 saturated carbocycles. The Bertz CT molecular complexity index is 254. The number of aliphatic hydroxyl groups is 1. The van der Waals surface area contributed by atoms with Crippen LogP contribution in [0.5, 0.6) is 0 Å². The van der Waals surface area contributed by atoms with Gasteiger partial charge in [0.15, 0.2) is 0 Å². The van der Waals surface area contributed by atoms with Crippen molar-refractivity contribution in [3.8, 4) is 0 Å². The summed E-state index contributed by atoms with van der Waals surface area (Å²) in [5, 5.41) is 10.2. The maximum Gasteiger partial charge on any atom is 0.0746 e. The number of nitrogens with zero attached hydrogens (tertiary/aromatic N) is 2. The fourth-order valence-corrected chi connectivity index (χ4v) is 3.45. The van der Waals surface area contributed by atoms with Crippen molar-refractivity contribution in [1.82, 2.24) is 9.80 Å². The van der Waals surface area contributed by atoms with Crippen LogP contribution in [0, 0.1) is 5.92 Å². The maximum absolute atomic E-state index is 10.2. The van der Waals surface area contributed by atoms with E-state index in [2.05, 4.69) is 16.7 Å². The summed E-state index contributed by atoms with van der Waals surface area (Å²) in [6.07, 6.45) is 5.11. The summed E-state index contributed by atoms with van der Waals surface area (Å²) in [4.78, 5) is 5.10. The highest BCUT2D eigenvalue weighted by atomic mass is 16.3. The van der Waals surface area contributed by atoms with Crippen molar-refractivity contribution < 1.29 is 5.11 Å². The molecule has 0 spiro atoms. The maximum atomic E-state index is 10.2. The number of hydrogen-bond acceptors (Lipinski definition) is 3. The van der Waals surface area contributed by atoms with E-state index in [1.165, 1.54) is 45.4 Å². The van der Waals surface area contributed by atoms with Gasteiger partial charge in [-0.15, -0.1) is 0 Å². The van der Waals surface area contributed by atoms with Gasteiger partial charge in [-0.2, -0.15) is 0 Å². The van der Waals surface area contributed by atoms with Gasteiger partial charge in [-0.1, -0.05) is 6.92 Å². The number of hydrogen-bond donors (Lipinski definition) is 1. The zero-order valence-corrected chi connectivity index (χ0v) is 12.4. The van der Waals surface area contributed by atoms with Crippen LogP contribution >= 0.6 is 0 Å². The van der Waals surface area contributed by atoms with Crippen LogP contribution in [0.2, 0.25) is 0 Å². The van der Waals surface area contributed by atoms with Crippen LogP contribution in [0.1, 0.15) is 46.5 Å². The van der Waals surface area contributed by atoms with Gasteiger partial charge in [0.05, 0.1) is 5.60 Å². The average molecular weight is 254 g/mol. The Morgan fingerprint density at radius 2 is 1.72 bits per heavy atom. The van der Waals surface area contributed by atoms with E-state index < -0.39 is 5.60 Å². The van der Waals surface area contributed by atoms with Crippen LogP contribution in [-0.2, 0) is 0 Å². The van der Waals surface area contributed by atoms with E-state index in [1.54, 1.807) is 0 Å². The summed E-state index contributed by atoms with van der Waals surface area (Å²) in [6.45, 7) is 12.3. The first-order chi connectivity index (χ1) is 8.47. The first-order valence-corrected chi connectivity index (χ1v) is 7.65. The van der Waals surface area contributed by atoms with Gasteiger partial charge in [-0.3, -0.25) is 4.90 Å². The van der Waals surface area contributed by atoms with Crippen molar-refractivity contribution in [2.75, 3.05) is 32.7 Å². The summed E-state index contributed by atoms with van der Waals surface area (Å²) < 4.78 is 0. The monoisotopic (exact) mass is 254 g/mol. The third-order valence-corrected chi connectivity index (χ3v) is 4.76. The summed E-state index contributed by atoms with van der Waals surface area (Å²) in [5.74, 6) is 0.914. The van der Waals surface area contributed by atoms with Gasteiger partial charge < -0.3 is 10.0 Å². The van der Waals surface area contributed by atoms with Crippen LogP contribution in [-0.4, -0.2) is 59.3 Å². The molecule has 0 aromatic heterocycles. The molecule has 2 aliphatic heterocycles. The fraction of sp³-hybridized carbons (Fsp3) is 1.00. The molecule has 3 nitrogen and oxygen atoms in total. The summed E-state index contributed by atoms with van der Waals surface area (Å²) in [6, 6.07) is 0.362. The van der Waals surface area contributed by atoms with Gasteiger partial charge in [0, 0.05) is 19.1 Å². The van der Waals surface area contributed by atoms with E-state index in [1.807, 2.05) is 13.8 Å². The molecule has 3 heteroatoms. The predicted molar refractivity (Wildman–Crippen MR) is 75.7 cm³/mol. The molecular formula is C15H30N2O. The zero-order chi connectivity index (χ0) is 13.2. The van der Waals surface area contributed by atoms with Crippen molar-refractivity contribution in [3.63, 3.8) is 0 Å². The Morgan fingerprint density at radius 3 is 2.33 bits per heavy atom. The first-order valence-electron chi connectivity index (χ1n) is 7.65. The molecule has 2 rings (SSSR count). The minimum atomic E-state index is -0.549. The molecule has 0 aliphatic carbocycles. The van der Waals surface area contributed by atoms with Crippen LogP contribution in [0.3, 0.4) is 0 Å². The molecule has 0 amide bonds. The standard InChI is InChI=1S/C15H30N2O/c1-13-6-9-16(10-7-13)11-12-17-8-4-5-14(17)15(2,3)18/h13-14,18H,4-12H2,1-3H3. The van der Waals surface area contributed by atoms with E-state index in [-0.39, 0.29) is 0 Å². The highest BCUT2D eigenvalue weighted by Gasteiger charge is 2.35. The molecule has 1 unspecified atom stereocenters. The SMILES string of the molecule is CC1CCN(CCN2CCCC2C(C)(C)O)CC1. The van der Waals surface area contributed by atoms with Crippen LogP contribution in [0.4, 0.5) is 0 Å². The lowest BCUT2D eigenvalue weighted by molar-refractivity contribution is -0.00554. The minimum absolute atomic E-state index is 0.362. The highest BCUT2D eigenvalue weighted by Crippen LogP contribution is 2.26. The quantitative estimate of drug-likeness (QED) is 0.831. The van der Waals surface area contributed by atoms with Gasteiger partial charge >= 0.3 is 0 Å². The smallest absolute Gasteiger partial charge is 0.0746 e. The Hall–Kier alpha value is -0.120. The largest absolute Gasteiger partial charge is 0.389 e. The van der Waals surface area contributed by atoms with Gasteiger partial charge in [0.1, 0.15) is 0 Å². The van der Waals surface area contributed by atoms with E-state index in [4.69, 9.17) is 0 Å². The van der Waals surface area contributed by atoms with Gasteiger partial charge in [0.25, 0.3) is 0 Å². The minimum Gasteiger partial charge on any atom is -0.389 e. The Labute approximate surface area is 112 Å². The van der Waals surface area contributed by atoms with Gasteiger partial charge in [-0.25, -0.2) is 0 Å². The second-order valence-electron chi connectivity index (χ2n) is 6.87. The third kappa shape index (κ3) is 3.69. The van der Waals surface area contributed by atoms with E-state index >= 15 is 0 Å². The van der Waals surface area contributed by atoms with Crippen molar-refractivity contribution in [1.29, 1.82) is 0 Å². The molecule has 2 aliphatic rings. The molecule has 2 fully saturated rings. The van der Waals surface area contributed by atoms with E-state index in [0.717, 1.165) is 18.9 Å². The lowest BCUT2D eigenvalue weighted by Crippen LogP contribution is -2.48. The lowest BCUT2D eigenvalue weighted by Gasteiger charge is -2.36. The Balaban J connectivity index is 1.76. The Kier molecular flexibility index (Phi) is 4.68. The lowest BCUT2D eigenvalue weighted by atomic mass is 9.96. The molecule has 1 atom stereocenters. The Morgan fingerprint density at radius 1 is 1.06 bits per heavy atom. The normalized spacial score (nSPS) is 29.0. The molecule has 0 bridgehead atoms. The topological polar surface area (TPSA) is 26.7 Å². The highest BCUT2D eigenvalue weighted by molar-refractivity contribution is 4.91. The number of rotatable bonds is 4. The molecular weight excluding hydrogens is 224 g/mol. The molecule has 2 saturated heterocycles. The van der Waals surface area contributed by atoms with Crippen molar-refractivity contribution >= 4 is 0 Å². The number of likely N-dealkylation sites (tertiary alicyclic amines) is 2. The fourth-order valence-electron chi connectivity index (χ4n) is 3.45. The molecule has 2 heterocycles. The van der Waals surface area contributed by atoms with Crippen LogP contribution in [0.25, 0.3) is 0 Å². The number of piperidine rings is 1. The van der Waals surface area contributed by atoms with E-state index in [9.17, 15) is 5.11 Å². The predicted octanol–water partition coefficient (Wildman–Crippen LogP) is 1.95. The molecule has 0 radical (unpaired) electrons. The second kappa shape index (κ2) is 5.89. The van der Waals surface area contributed by atoms with Crippen molar-refractivity contribution in [2.45, 2.75) is 58.1 Å². The summed E-state index contributed by atoms with van der Waals surface area (Å²) in [5.41, 5.74) is -0.549. The van der Waals surface area contributed by atoms with Crippen LogP contribution < -0.4 is 0 Å². The van der Waals surface area contributed by atoms with Crippen LogP contribution in [0.15, 0.2) is 0 Å². The second-order valence-corrected chi connectivity index (χ2v) is 6.87. The van der Waals surface area contributed by atoms with Gasteiger partial charge in [-0.05, 0) is 65.1 Å². The third-order valence-electron chi connectivity index (χ3n) is 4.76. The first kappa shape index (κ1) is 14.3. The molecule has 1 N–H and O–H groups in total. The average Bonchev–Trinajstić information content (AvgIpc) is 2.76. The van der Waals surface area contributed by atoms with Crippen molar-refractivity contribution in [3.05, 3.63) is 0 Å². The van der Waals surface area contributed by atoms with E-state index in [0.29, 0.717) is 6.04 Å². The summed E-state index contributed by atoms with van der Waals surface area (Å²) >= 11 is 0. The molecule has 18 heavy (non-hydrogen) atoms. The van der Waals surface area contributed by atoms with Gasteiger partial charge in [0.2, 0.25) is 0 Å². The van der Waals surface area contributed by atoms with Crippen molar-refractivity contribution in [2.24, 2.45) is 5.92 Å².